The minimum atomic E-state index is -0.787. The maximum absolute atomic E-state index is 12.7. The third kappa shape index (κ3) is 4.59. The van der Waals surface area contributed by atoms with Crippen molar-refractivity contribution in [3.8, 4) is 17.2 Å². The third-order valence-electron chi connectivity index (χ3n) is 2.63. The number of rotatable bonds is 5. The summed E-state index contributed by atoms with van der Waals surface area (Å²) in [7, 11) is 1.52. The van der Waals surface area contributed by atoms with E-state index >= 15 is 0 Å². The summed E-state index contributed by atoms with van der Waals surface area (Å²) < 4.78 is 27.6. The predicted octanol–water partition coefficient (Wildman–Crippen LogP) is 2.74. The first-order valence-corrected chi connectivity index (χ1v) is 6.38. The molecule has 0 N–H and O–H groups in total. The molecule has 6 heteroatoms. The maximum Gasteiger partial charge on any atom is 0.322 e. The smallest absolute Gasteiger partial charge is 0.322 e. The molecular formula is C16H13FO5. The van der Waals surface area contributed by atoms with Crippen molar-refractivity contribution in [2.45, 2.75) is 6.42 Å². The van der Waals surface area contributed by atoms with Crippen LogP contribution in [-0.4, -0.2) is 19.0 Å². The molecule has 0 aliphatic heterocycles. The number of carbonyl (C=O) groups excluding carboxylic acids is 2. The number of hydrogen-bond donors (Lipinski definition) is 0. The molecule has 0 atom stereocenters. The summed E-state index contributed by atoms with van der Waals surface area (Å²) in [4.78, 5) is 23.2. The highest BCUT2D eigenvalue weighted by Gasteiger charge is 2.14. The molecule has 0 amide bonds. The van der Waals surface area contributed by atoms with Crippen molar-refractivity contribution in [2.24, 2.45) is 0 Å². The predicted molar refractivity (Wildman–Crippen MR) is 75.3 cm³/mol. The first-order chi connectivity index (χ1) is 10.6. The van der Waals surface area contributed by atoms with Gasteiger partial charge in [-0.25, -0.2) is 4.39 Å². The monoisotopic (exact) mass is 304 g/mol. The fraction of sp³-hybridized carbons (Fsp3) is 0.125. The van der Waals surface area contributed by atoms with Crippen molar-refractivity contribution >= 4 is 11.9 Å². The van der Waals surface area contributed by atoms with Gasteiger partial charge in [-0.2, -0.15) is 0 Å². The lowest BCUT2D eigenvalue weighted by atomic mass is 10.3. The molecule has 114 valence electrons. The maximum atomic E-state index is 12.7. The second-order valence-corrected chi connectivity index (χ2v) is 4.25. The molecule has 0 aliphatic carbocycles. The Hall–Kier alpha value is -2.89. The Morgan fingerprint density at radius 2 is 1.23 bits per heavy atom. The fourth-order valence-electron chi connectivity index (χ4n) is 1.60. The van der Waals surface area contributed by atoms with Crippen molar-refractivity contribution in [3.63, 3.8) is 0 Å². The van der Waals surface area contributed by atoms with Gasteiger partial charge in [0, 0.05) is 0 Å². The van der Waals surface area contributed by atoms with E-state index in [0.717, 1.165) is 12.1 Å². The van der Waals surface area contributed by atoms with Gasteiger partial charge in [0.05, 0.1) is 7.11 Å². The van der Waals surface area contributed by atoms with Gasteiger partial charge in [0.15, 0.2) is 0 Å². The van der Waals surface area contributed by atoms with Crippen LogP contribution in [0.15, 0.2) is 48.5 Å². The summed E-state index contributed by atoms with van der Waals surface area (Å²) >= 11 is 0. The van der Waals surface area contributed by atoms with Crippen LogP contribution in [0.3, 0.4) is 0 Å². The lowest BCUT2D eigenvalue weighted by Gasteiger charge is -2.06. The van der Waals surface area contributed by atoms with Gasteiger partial charge < -0.3 is 14.2 Å². The Labute approximate surface area is 126 Å². The van der Waals surface area contributed by atoms with E-state index in [0.29, 0.717) is 11.5 Å². The Balaban J connectivity index is 1.85. The Morgan fingerprint density at radius 1 is 0.818 bits per heavy atom. The first kappa shape index (κ1) is 15.5. The standard InChI is InChI=1S/C16H13FO5/c1-20-12-6-8-14(9-7-12)22-16(19)10-15(18)21-13-4-2-11(17)3-5-13/h2-9H,10H2,1H3. The van der Waals surface area contributed by atoms with Crippen molar-refractivity contribution in [3.05, 3.63) is 54.3 Å². The van der Waals surface area contributed by atoms with Crippen molar-refractivity contribution in [2.75, 3.05) is 7.11 Å². The molecule has 0 spiro atoms. The van der Waals surface area contributed by atoms with E-state index in [-0.39, 0.29) is 5.75 Å². The highest BCUT2D eigenvalue weighted by molar-refractivity contribution is 5.93. The van der Waals surface area contributed by atoms with Crippen LogP contribution >= 0.6 is 0 Å². The van der Waals surface area contributed by atoms with E-state index in [9.17, 15) is 14.0 Å². The van der Waals surface area contributed by atoms with Crippen LogP contribution in [0.4, 0.5) is 4.39 Å². The molecular weight excluding hydrogens is 291 g/mol. The summed E-state index contributed by atoms with van der Waals surface area (Å²) in [6.45, 7) is 0. The number of ether oxygens (including phenoxy) is 3. The number of hydrogen-bond acceptors (Lipinski definition) is 5. The summed E-state index contributed by atoms with van der Waals surface area (Å²) in [6.07, 6.45) is -0.552. The molecule has 0 unspecified atom stereocenters. The Morgan fingerprint density at radius 3 is 1.68 bits per heavy atom. The average Bonchev–Trinajstić information content (AvgIpc) is 2.50. The van der Waals surface area contributed by atoms with E-state index in [1.54, 1.807) is 24.3 Å². The zero-order valence-corrected chi connectivity index (χ0v) is 11.7. The molecule has 0 heterocycles. The molecule has 2 aromatic carbocycles. The number of methoxy groups -OCH3 is 1. The van der Waals surface area contributed by atoms with Crippen LogP contribution in [0.2, 0.25) is 0 Å². The first-order valence-electron chi connectivity index (χ1n) is 6.38. The second kappa shape index (κ2) is 7.21. The van der Waals surface area contributed by atoms with Crippen molar-refractivity contribution in [1.29, 1.82) is 0 Å². The second-order valence-electron chi connectivity index (χ2n) is 4.25. The largest absolute Gasteiger partial charge is 0.497 e. The molecule has 0 saturated carbocycles. The van der Waals surface area contributed by atoms with Gasteiger partial charge in [-0.05, 0) is 48.5 Å². The lowest BCUT2D eigenvalue weighted by molar-refractivity contribution is -0.144. The van der Waals surface area contributed by atoms with Gasteiger partial charge in [-0.1, -0.05) is 0 Å². The minimum absolute atomic E-state index is 0.156. The SMILES string of the molecule is COc1ccc(OC(=O)CC(=O)Oc2ccc(F)cc2)cc1. The van der Waals surface area contributed by atoms with Gasteiger partial charge >= 0.3 is 11.9 Å². The minimum Gasteiger partial charge on any atom is -0.497 e. The molecule has 0 fully saturated rings. The molecule has 0 bridgehead atoms. The van der Waals surface area contributed by atoms with Crippen molar-refractivity contribution < 1.29 is 28.2 Å². The van der Waals surface area contributed by atoms with Gasteiger partial charge in [0.2, 0.25) is 0 Å². The van der Waals surface area contributed by atoms with Crippen LogP contribution in [0.25, 0.3) is 0 Å². The quantitative estimate of drug-likeness (QED) is 0.483. The van der Waals surface area contributed by atoms with Crippen LogP contribution in [-0.2, 0) is 9.59 Å². The summed E-state index contributed by atoms with van der Waals surface area (Å²) in [5, 5.41) is 0. The normalized spacial score (nSPS) is 9.91. The topological polar surface area (TPSA) is 61.8 Å². The molecule has 5 nitrogen and oxygen atoms in total. The molecule has 2 aromatic rings. The summed E-state index contributed by atoms with van der Waals surface area (Å²) in [6, 6.07) is 11.2. The zero-order valence-electron chi connectivity index (χ0n) is 11.7. The van der Waals surface area contributed by atoms with Gasteiger partial charge in [-0.3, -0.25) is 9.59 Å². The zero-order chi connectivity index (χ0) is 15.9. The molecule has 22 heavy (non-hydrogen) atoms. The highest BCUT2D eigenvalue weighted by Crippen LogP contribution is 2.17. The van der Waals surface area contributed by atoms with E-state index in [4.69, 9.17) is 14.2 Å². The average molecular weight is 304 g/mol. The number of esters is 2. The molecule has 2 rings (SSSR count). The summed E-state index contributed by atoms with van der Waals surface area (Å²) in [5.74, 6) is -0.916. The molecule has 0 aromatic heterocycles. The highest BCUT2D eigenvalue weighted by atomic mass is 19.1. The lowest BCUT2D eigenvalue weighted by Crippen LogP contribution is -2.18. The van der Waals surface area contributed by atoms with Crippen LogP contribution in [0.5, 0.6) is 17.2 Å². The molecule has 0 saturated heterocycles. The van der Waals surface area contributed by atoms with Gasteiger partial charge in [-0.15, -0.1) is 0 Å². The Bertz CT molecular complexity index is 649. The van der Waals surface area contributed by atoms with Gasteiger partial charge in [0.1, 0.15) is 29.5 Å². The molecule has 0 radical (unpaired) electrons. The van der Waals surface area contributed by atoms with E-state index < -0.39 is 24.2 Å². The van der Waals surface area contributed by atoms with E-state index in [1.165, 1.54) is 19.2 Å². The number of carbonyl (C=O) groups is 2. The fourth-order valence-corrected chi connectivity index (χ4v) is 1.60. The number of benzene rings is 2. The summed E-state index contributed by atoms with van der Waals surface area (Å²) in [5.41, 5.74) is 0. The Kier molecular flexibility index (Phi) is 5.08. The van der Waals surface area contributed by atoms with E-state index in [2.05, 4.69) is 0 Å². The van der Waals surface area contributed by atoms with Crippen LogP contribution in [0, 0.1) is 5.82 Å². The number of halogens is 1. The van der Waals surface area contributed by atoms with Crippen LogP contribution < -0.4 is 14.2 Å². The van der Waals surface area contributed by atoms with E-state index in [1.807, 2.05) is 0 Å². The van der Waals surface area contributed by atoms with Gasteiger partial charge in [0.25, 0.3) is 0 Å². The third-order valence-corrected chi connectivity index (χ3v) is 2.63. The molecule has 0 aliphatic rings. The van der Waals surface area contributed by atoms with Crippen LogP contribution in [0.1, 0.15) is 6.42 Å². The van der Waals surface area contributed by atoms with Crippen molar-refractivity contribution in [1.82, 2.24) is 0 Å².